The molecule has 9 fully saturated rings. The molecule has 21 rings (SSSR count). The Morgan fingerprint density at radius 1 is 0.342 bits per heavy atom. The second-order valence-corrected chi connectivity index (χ2v) is 38.7. The van der Waals surface area contributed by atoms with Crippen LogP contribution in [0.5, 0.6) is 0 Å². The van der Waals surface area contributed by atoms with E-state index in [0.29, 0.717) is 124 Å². The van der Waals surface area contributed by atoms with Crippen LogP contribution >= 0.6 is 0 Å². The number of morpholine rings is 1. The van der Waals surface area contributed by atoms with E-state index in [1.54, 1.807) is 62.0 Å². The van der Waals surface area contributed by atoms with Crippen molar-refractivity contribution in [3.8, 4) is 73.1 Å². The van der Waals surface area contributed by atoms with Crippen molar-refractivity contribution >= 4 is 104 Å². The number of aliphatic hydroxyl groups is 2. The topological polar surface area (TPSA) is 438 Å². The van der Waals surface area contributed by atoms with Gasteiger partial charge in [0.1, 0.15) is 86.6 Å². The molecule has 0 aliphatic carbocycles. The van der Waals surface area contributed by atoms with Gasteiger partial charge in [0, 0.05) is 146 Å². The van der Waals surface area contributed by atoms with Gasteiger partial charge in [-0.05, 0) is 239 Å². The Labute approximate surface area is 872 Å². The number of nitrogens with zero attached hydrogens (tertiary/aromatic N) is 22. The maximum Gasteiger partial charge on any atom is 0.150 e. The van der Waals surface area contributed by atoms with E-state index in [0.717, 1.165) is 233 Å². The first kappa shape index (κ1) is 105. The lowest BCUT2D eigenvalue weighted by molar-refractivity contribution is 0.0342. The highest BCUT2D eigenvalue weighted by Gasteiger charge is 2.29. The number of pyridine rings is 5. The van der Waals surface area contributed by atoms with E-state index >= 15 is 0 Å². The van der Waals surface area contributed by atoms with Crippen LogP contribution in [0, 0.1) is 85.4 Å². The number of ether oxygens (including phenoxy) is 1. The second-order valence-electron chi connectivity index (χ2n) is 38.7. The van der Waals surface area contributed by atoms with Gasteiger partial charge in [0.15, 0.2) is 0 Å². The number of likely N-dealkylation sites (tertiary alicyclic amines) is 1. The molecule has 4 unspecified atom stereocenters. The predicted molar refractivity (Wildman–Crippen MR) is 590 cm³/mol. The number of hydrogen-bond donors (Lipinski definition) is 16. The molecule has 16 N–H and O–H groups in total. The molecule has 0 spiro atoms. The summed E-state index contributed by atoms with van der Waals surface area (Å²) < 4.78 is 9.69. The fourth-order valence-corrected chi connectivity index (χ4v) is 19.3. The van der Waals surface area contributed by atoms with Crippen LogP contribution in [-0.4, -0.2) is 286 Å². The third kappa shape index (κ3) is 31.3. The Hall–Kier alpha value is -15.5. The van der Waals surface area contributed by atoms with Gasteiger partial charge in [-0.1, -0.05) is 0 Å². The van der Waals surface area contributed by atoms with E-state index in [1.807, 2.05) is 79.8 Å². The van der Waals surface area contributed by atoms with Crippen LogP contribution in [-0.2, 0) is 11.3 Å². The summed E-state index contributed by atoms with van der Waals surface area (Å²) in [5.41, 5.74) is 14.3. The fraction of sp³-hybridized carbons (Fsp3) is 0.427. The van der Waals surface area contributed by atoms with Gasteiger partial charge in [-0.3, -0.25) is 4.90 Å². The molecule has 6 atom stereocenters. The number of anilines is 18. The van der Waals surface area contributed by atoms with Crippen LogP contribution in [0.25, 0.3) is 11.4 Å². The highest BCUT2D eigenvalue weighted by Crippen LogP contribution is 2.38. The molecule has 0 radical (unpaired) electrons. The van der Waals surface area contributed by atoms with Crippen molar-refractivity contribution in [2.24, 2.45) is 23.7 Å². The number of hydrogen-bond acceptors (Lipinski definition) is 37. The zero-order chi connectivity index (χ0) is 103. The molecule has 39 nitrogen and oxygen atoms in total. The zero-order valence-corrected chi connectivity index (χ0v) is 84.7. The van der Waals surface area contributed by atoms with E-state index in [-0.39, 0.29) is 12.2 Å². The van der Waals surface area contributed by atoms with Crippen molar-refractivity contribution in [2.75, 3.05) is 232 Å². The lowest BCUT2D eigenvalue weighted by Crippen LogP contribution is -2.36. The summed E-state index contributed by atoms with van der Waals surface area (Å²) in [6.07, 6.45) is 75.9. The number of aromatic nitrogens is 17. The minimum Gasteiger partial charge on any atom is -0.391 e. The number of nitrogens with one attached hydrogen (secondary N) is 14. The molecule has 9 aliphatic heterocycles. The third-order valence-electron chi connectivity index (χ3n) is 27.6. The molecule has 21 heterocycles. The molecule has 12 aromatic heterocycles. The molecule has 39 heteroatoms. The summed E-state index contributed by atoms with van der Waals surface area (Å²) in [5.74, 6) is 21.3. The molecule has 0 amide bonds. The molecule has 9 aliphatic rings. The summed E-state index contributed by atoms with van der Waals surface area (Å²) >= 11 is 0. The van der Waals surface area contributed by atoms with E-state index in [1.165, 1.54) is 75.5 Å². The van der Waals surface area contributed by atoms with Gasteiger partial charge in [0.05, 0.1) is 175 Å². The second kappa shape index (κ2) is 54.3. The van der Waals surface area contributed by atoms with Gasteiger partial charge in [-0.15, -0.1) is 32.1 Å². The van der Waals surface area contributed by atoms with Gasteiger partial charge in [0.2, 0.25) is 0 Å². The van der Waals surface area contributed by atoms with Crippen LogP contribution in [0.2, 0.25) is 0 Å². The van der Waals surface area contributed by atoms with Crippen LogP contribution in [0.1, 0.15) is 124 Å². The first-order valence-corrected chi connectivity index (χ1v) is 52.0. The molecule has 149 heavy (non-hydrogen) atoms. The number of β-amino-alcohol motifs (C(OH)–C–C–N with tert-alkyl or cyclic N) is 2. The summed E-state index contributed by atoms with van der Waals surface area (Å²) in [4.78, 5) is 76.8. The van der Waals surface area contributed by atoms with Crippen molar-refractivity contribution in [1.82, 2.24) is 115 Å². The molecule has 12 aromatic rings. The number of aliphatic hydroxyl groups excluding tert-OH is 2. The highest BCUT2D eigenvalue weighted by atomic mass is 16.5. The van der Waals surface area contributed by atoms with Gasteiger partial charge in [0.25, 0.3) is 0 Å². The third-order valence-corrected chi connectivity index (χ3v) is 27.6. The van der Waals surface area contributed by atoms with Crippen molar-refractivity contribution in [3.63, 3.8) is 0 Å². The lowest BCUT2D eigenvalue weighted by Gasteiger charge is -2.30. The Kier molecular flexibility index (Phi) is 38.2. The van der Waals surface area contributed by atoms with Crippen molar-refractivity contribution in [1.29, 1.82) is 0 Å². The molecular weight excluding hydrogens is 1870 g/mol. The summed E-state index contributed by atoms with van der Waals surface area (Å²) in [7, 11) is 2.17. The van der Waals surface area contributed by atoms with Gasteiger partial charge in [-0.25, -0.2) is 74.8 Å². The first-order valence-electron chi connectivity index (χ1n) is 52.0. The normalized spacial score (nSPS) is 19.2. The van der Waals surface area contributed by atoms with Crippen molar-refractivity contribution in [3.05, 3.63) is 200 Å². The number of piperidine rings is 5. The SMILES string of the molecule is C#Cc1cnc(Nc2cc(NC3CCN(C)CC3)c(-n3cccc3)cn2)cn1.C#Cc1cnc(Nc2cc(NCC3CCCNC3)c(-n3ccc(CN4CCOCC4)c3)cn2)cn1.C#Cc1cnc(Nc2cc(NCC3CCCNC3)c(N3CCCC3)cn2)cn1.C#Cc1cnc(Nc2cc(NCC3CCCNC3)c(N3CC[C@H](O)C3)cn2)cn1.C#Cc1cnc(Nc2cc(NC[C@H]3CCCNC3)c(N3CCC(O)C3)cn2)cn1. The molecular formula is C110H136N36O3. The summed E-state index contributed by atoms with van der Waals surface area (Å²) in [5, 5.41) is 68.2. The van der Waals surface area contributed by atoms with E-state index in [9.17, 15) is 10.2 Å². The van der Waals surface area contributed by atoms with E-state index in [4.69, 9.17) is 36.9 Å². The number of rotatable bonds is 31. The summed E-state index contributed by atoms with van der Waals surface area (Å²) in [6.45, 7) is 24.1. The van der Waals surface area contributed by atoms with Crippen LogP contribution in [0.15, 0.2) is 166 Å². The summed E-state index contributed by atoms with van der Waals surface area (Å²) in [6, 6.07) is 16.7. The molecule has 0 saturated carbocycles. The lowest BCUT2D eigenvalue weighted by atomic mass is 10.00. The fourth-order valence-electron chi connectivity index (χ4n) is 19.3. The monoisotopic (exact) mass is 2010 g/mol. The molecule has 774 valence electrons. The standard InChI is InChI=1S/C26H32N8O.2C21H27N7O.C21H23N7.C21H27N7/c1-2-22-15-30-26(17-28-22)32-25-12-23(29-14-20-4-3-6-27-13-20)24(16-31-25)34-7-5-21(19-34)18-33-8-10-35-11-9-33;2*1-2-16-11-25-21(13-23-16)27-20-8-18(24-10-15-4-3-6-22-9-15)19(12-26-20)28-7-5-17(29)14-28;1-3-16-13-23-21(15-22-16)26-20-12-18(25-17-6-10-27(2)11-7-17)19(14-24-20)28-8-4-5-9-28;1-2-17-13-25-21(15-23-17)27-20-10-18(24-12-16-6-5-7-22-11-16)19(14-26-20)28-8-3-4-9-28/h1,5,7,12,15-17,19-20,27H,3-4,6,8-11,13-14,18H2,(H2,29,30,31,32);2*1,8,11-13,15,17,22,29H,3-7,9-10,14H2,(H2,24,25,26,27);1,4-5,8-9,12-15,17H,6-7,10-11H2,2H3,(H2,23,24,25,26);1,10,13-16,22H,3-9,11-12H2,(H2,24,25,26,27)/t;15?,17-;15-,17?;;/m.00../s1. The Balaban J connectivity index is 0.000000127. The minimum absolute atomic E-state index is 0.284. The highest BCUT2D eigenvalue weighted by molar-refractivity contribution is 5.77. The Morgan fingerprint density at radius 3 is 0.993 bits per heavy atom. The minimum atomic E-state index is -0.284. The molecule has 0 aromatic carbocycles. The average molecular weight is 2010 g/mol. The average Bonchev–Trinajstić information content (AvgIpc) is 1.44. The Bertz CT molecular complexity index is 6270. The van der Waals surface area contributed by atoms with Crippen LogP contribution < -0.4 is 89.1 Å². The van der Waals surface area contributed by atoms with Gasteiger partial charge < -0.3 is 118 Å². The maximum atomic E-state index is 9.95. The van der Waals surface area contributed by atoms with Gasteiger partial charge >= 0.3 is 0 Å². The van der Waals surface area contributed by atoms with Crippen LogP contribution in [0.3, 0.4) is 0 Å². The Morgan fingerprint density at radius 2 is 0.671 bits per heavy atom. The van der Waals surface area contributed by atoms with E-state index in [2.05, 4.69) is 244 Å². The number of terminal acetylenes is 5. The smallest absolute Gasteiger partial charge is 0.150 e. The van der Waals surface area contributed by atoms with E-state index < -0.39 is 0 Å². The van der Waals surface area contributed by atoms with Crippen molar-refractivity contribution < 1.29 is 14.9 Å². The van der Waals surface area contributed by atoms with Crippen molar-refractivity contribution in [2.45, 2.75) is 115 Å². The van der Waals surface area contributed by atoms with Gasteiger partial charge in [-0.2, -0.15) is 0 Å². The molecule has 0 bridgehead atoms. The quantitative estimate of drug-likeness (QED) is 0.0179. The maximum absolute atomic E-state index is 9.95. The first-order chi connectivity index (χ1) is 73.2. The molecule has 9 saturated heterocycles. The largest absolute Gasteiger partial charge is 0.391 e. The zero-order valence-electron chi connectivity index (χ0n) is 84.7. The van der Waals surface area contributed by atoms with Crippen LogP contribution in [0.4, 0.5) is 104 Å². The predicted octanol–water partition coefficient (Wildman–Crippen LogP) is 11.3.